The van der Waals surface area contributed by atoms with Gasteiger partial charge in [-0.05, 0) is 37.6 Å². The van der Waals surface area contributed by atoms with E-state index in [4.69, 9.17) is 4.74 Å². The number of ether oxygens (including phenoxy) is 1. The summed E-state index contributed by atoms with van der Waals surface area (Å²) < 4.78 is 7.15. The SMILES string of the molecule is CCCCSc1nnc(CNC(=O)c2ccc(OC)cc2)n1CC. The first kappa shape index (κ1) is 18.3. The molecule has 0 aliphatic heterocycles. The lowest BCUT2D eigenvalue weighted by atomic mass is 10.2. The van der Waals surface area contributed by atoms with E-state index in [-0.39, 0.29) is 5.91 Å². The minimum atomic E-state index is -0.136. The maximum Gasteiger partial charge on any atom is 0.251 e. The van der Waals surface area contributed by atoms with E-state index in [0.29, 0.717) is 12.1 Å². The zero-order chi connectivity index (χ0) is 17.4. The van der Waals surface area contributed by atoms with Crippen LogP contribution in [-0.2, 0) is 13.1 Å². The summed E-state index contributed by atoms with van der Waals surface area (Å²) in [6, 6.07) is 7.02. The van der Waals surface area contributed by atoms with Crippen molar-refractivity contribution in [3.8, 4) is 5.75 Å². The molecule has 0 aliphatic carbocycles. The summed E-state index contributed by atoms with van der Waals surface area (Å²) in [5, 5.41) is 12.3. The maximum absolute atomic E-state index is 12.2. The first-order chi connectivity index (χ1) is 11.7. The van der Waals surface area contributed by atoms with E-state index in [1.807, 2.05) is 0 Å². The summed E-state index contributed by atoms with van der Waals surface area (Å²) in [7, 11) is 1.60. The average molecular weight is 348 g/mol. The Morgan fingerprint density at radius 3 is 2.62 bits per heavy atom. The van der Waals surface area contributed by atoms with E-state index in [2.05, 4.69) is 33.9 Å². The van der Waals surface area contributed by atoms with Crippen LogP contribution < -0.4 is 10.1 Å². The quantitative estimate of drug-likeness (QED) is 0.557. The predicted molar refractivity (Wildman–Crippen MR) is 95.5 cm³/mol. The molecule has 0 radical (unpaired) electrons. The summed E-state index contributed by atoms with van der Waals surface area (Å²) in [5.41, 5.74) is 0.593. The number of nitrogens with zero attached hydrogens (tertiary/aromatic N) is 3. The van der Waals surface area contributed by atoms with Crippen molar-refractivity contribution in [2.24, 2.45) is 0 Å². The van der Waals surface area contributed by atoms with Crippen molar-refractivity contribution >= 4 is 17.7 Å². The van der Waals surface area contributed by atoms with Crippen LogP contribution in [0, 0.1) is 0 Å². The molecule has 6 nitrogen and oxygen atoms in total. The highest BCUT2D eigenvalue weighted by Gasteiger charge is 2.13. The Kier molecular flexibility index (Phi) is 7.11. The van der Waals surface area contributed by atoms with Crippen LogP contribution in [0.4, 0.5) is 0 Å². The Hall–Kier alpha value is -2.02. The smallest absolute Gasteiger partial charge is 0.251 e. The number of carbonyl (C=O) groups is 1. The fourth-order valence-electron chi connectivity index (χ4n) is 2.19. The number of hydrogen-bond acceptors (Lipinski definition) is 5. The van der Waals surface area contributed by atoms with E-state index in [0.717, 1.165) is 41.9 Å². The molecule has 7 heteroatoms. The molecule has 1 aromatic heterocycles. The van der Waals surface area contributed by atoms with Crippen molar-refractivity contribution in [3.05, 3.63) is 35.7 Å². The van der Waals surface area contributed by atoms with E-state index in [1.54, 1.807) is 43.1 Å². The minimum absolute atomic E-state index is 0.136. The maximum atomic E-state index is 12.2. The van der Waals surface area contributed by atoms with Gasteiger partial charge in [-0.1, -0.05) is 25.1 Å². The molecule has 0 saturated heterocycles. The molecule has 2 aromatic rings. The van der Waals surface area contributed by atoms with Crippen molar-refractivity contribution in [2.45, 2.75) is 44.9 Å². The molecule has 1 amide bonds. The molecule has 0 bridgehead atoms. The van der Waals surface area contributed by atoms with Crippen molar-refractivity contribution in [3.63, 3.8) is 0 Å². The summed E-state index contributed by atoms with van der Waals surface area (Å²) in [6.07, 6.45) is 2.32. The van der Waals surface area contributed by atoms with E-state index in [1.165, 1.54) is 0 Å². The van der Waals surface area contributed by atoms with Crippen LogP contribution in [-0.4, -0.2) is 33.5 Å². The van der Waals surface area contributed by atoms with Gasteiger partial charge in [0.15, 0.2) is 11.0 Å². The zero-order valence-corrected chi connectivity index (χ0v) is 15.2. The zero-order valence-electron chi connectivity index (χ0n) is 14.4. The van der Waals surface area contributed by atoms with Crippen LogP contribution in [0.25, 0.3) is 0 Å². The molecular weight excluding hydrogens is 324 g/mol. The normalized spacial score (nSPS) is 10.6. The Labute approximate surface area is 147 Å². The lowest BCUT2D eigenvalue weighted by Gasteiger charge is -2.08. The second-order valence-electron chi connectivity index (χ2n) is 5.26. The number of rotatable bonds is 9. The lowest BCUT2D eigenvalue weighted by molar-refractivity contribution is 0.0949. The van der Waals surface area contributed by atoms with Gasteiger partial charge in [0.2, 0.25) is 0 Å². The summed E-state index contributed by atoms with van der Waals surface area (Å²) >= 11 is 1.71. The standard InChI is InChI=1S/C17H24N4O2S/c1-4-6-11-24-17-20-19-15(21(17)5-2)12-18-16(22)13-7-9-14(23-3)10-8-13/h7-10H,4-6,11-12H2,1-3H3,(H,18,22). The molecule has 2 rings (SSSR count). The first-order valence-corrected chi connectivity index (χ1v) is 9.15. The molecular formula is C17H24N4O2S. The van der Waals surface area contributed by atoms with Gasteiger partial charge in [-0.15, -0.1) is 10.2 Å². The number of hydrogen-bond donors (Lipinski definition) is 1. The third-order valence-electron chi connectivity index (χ3n) is 3.60. The third-order valence-corrected chi connectivity index (χ3v) is 4.65. The van der Waals surface area contributed by atoms with Crippen molar-refractivity contribution < 1.29 is 9.53 Å². The van der Waals surface area contributed by atoms with Gasteiger partial charge in [-0.2, -0.15) is 0 Å². The molecule has 24 heavy (non-hydrogen) atoms. The van der Waals surface area contributed by atoms with Crippen molar-refractivity contribution in [1.82, 2.24) is 20.1 Å². The molecule has 0 fully saturated rings. The van der Waals surface area contributed by atoms with Crippen LogP contribution in [0.5, 0.6) is 5.75 Å². The Bertz CT molecular complexity index is 655. The van der Waals surface area contributed by atoms with Crippen LogP contribution in [0.3, 0.4) is 0 Å². The van der Waals surface area contributed by atoms with Gasteiger partial charge in [0.05, 0.1) is 13.7 Å². The van der Waals surface area contributed by atoms with Gasteiger partial charge in [0.1, 0.15) is 5.75 Å². The largest absolute Gasteiger partial charge is 0.497 e. The van der Waals surface area contributed by atoms with Gasteiger partial charge in [0, 0.05) is 17.9 Å². The Morgan fingerprint density at radius 1 is 1.25 bits per heavy atom. The number of amides is 1. The van der Waals surface area contributed by atoms with E-state index < -0.39 is 0 Å². The average Bonchev–Trinajstić information content (AvgIpc) is 3.01. The van der Waals surface area contributed by atoms with Crippen LogP contribution >= 0.6 is 11.8 Å². The van der Waals surface area contributed by atoms with Gasteiger partial charge in [-0.3, -0.25) is 4.79 Å². The number of thioether (sulfide) groups is 1. The molecule has 1 aromatic carbocycles. The number of benzene rings is 1. The molecule has 1 heterocycles. The summed E-state index contributed by atoms with van der Waals surface area (Å²) in [4.78, 5) is 12.2. The fraction of sp³-hybridized carbons (Fsp3) is 0.471. The summed E-state index contributed by atoms with van der Waals surface area (Å²) in [6.45, 7) is 5.38. The van der Waals surface area contributed by atoms with E-state index >= 15 is 0 Å². The van der Waals surface area contributed by atoms with Gasteiger partial charge >= 0.3 is 0 Å². The second-order valence-corrected chi connectivity index (χ2v) is 6.32. The number of nitrogens with one attached hydrogen (secondary N) is 1. The van der Waals surface area contributed by atoms with Crippen LogP contribution in [0.2, 0.25) is 0 Å². The van der Waals surface area contributed by atoms with E-state index in [9.17, 15) is 4.79 Å². The van der Waals surface area contributed by atoms with Gasteiger partial charge in [-0.25, -0.2) is 0 Å². The van der Waals surface area contributed by atoms with Gasteiger partial charge < -0.3 is 14.6 Å². The highest BCUT2D eigenvalue weighted by molar-refractivity contribution is 7.99. The number of carbonyl (C=O) groups excluding carboxylic acids is 1. The molecule has 0 spiro atoms. The topological polar surface area (TPSA) is 69.0 Å². The Morgan fingerprint density at radius 2 is 2.00 bits per heavy atom. The minimum Gasteiger partial charge on any atom is -0.497 e. The predicted octanol–water partition coefficient (Wildman–Crippen LogP) is 3.13. The highest BCUT2D eigenvalue weighted by atomic mass is 32.2. The lowest BCUT2D eigenvalue weighted by Crippen LogP contribution is -2.24. The molecule has 1 N–H and O–H groups in total. The number of unbranched alkanes of at least 4 members (excludes halogenated alkanes) is 1. The van der Waals surface area contributed by atoms with Crippen LogP contribution in [0.1, 0.15) is 42.9 Å². The molecule has 0 aliphatic rings. The third kappa shape index (κ3) is 4.74. The molecule has 130 valence electrons. The second kappa shape index (κ2) is 9.32. The Balaban J connectivity index is 1.96. The van der Waals surface area contributed by atoms with Crippen molar-refractivity contribution in [2.75, 3.05) is 12.9 Å². The first-order valence-electron chi connectivity index (χ1n) is 8.16. The van der Waals surface area contributed by atoms with Crippen LogP contribution in [0.15, 0.2) is 29.4 Å². The fourth-order valence-corrected chi connectivity index (χ4v) is 3.29. The molecule has 0 unspecified atom stereocenters. The van der Waals surface area contributed by atoms with Gasteiger partial charge in [0.25, 0.3) is 5.91 Å². The number of methoxy groups -OCH3 is 1. The number of aromatic nitrogens is 3. The van der Waals surface area contributed by atoms with Crippen molar-refractivity contribution in [1.29, 1.82) is 0 Å². The highest BCUT2D eigenvalue weighted by Crippen LogP contribution is 2.18. The molecule has 0 atom stereocenters. The summed E-state index contributed by atoms with van der Waals surface area (Å²) in [5.74, 6) is 2.40. The monoisotopic (exact) mass is 348 g/mol. The molecule has 0 saturated carbocycles.